The summed E-state index contributed by atoms with van der Waals surface area (Å²) in [5.74, 6) is 1.58. The van der Waals surface area contributed by atoms with Gasteiger partial charge >= 0.3 is 0 Å². The second kappa shape index (κ2) is 10.6. The molecule has 0 amide bonds. The minimum absolute atomic E-state index is 0. The molecule has 2 rings (SSSR count). The number of rotatable bonds is 5. The van der Waals surface area contributed by atoms with Gasteiger partial charge in [0.05, 0.1) is 4.20 Å². The van der Waals surface area contributed by atoms with Crippen LogP contribution in [0, 0.1) is 0 Å². The third kappa shape index (κ3) is 5.94. The highest BCUT2D eigenvalue weighted by Crippen LogP contribution is 2.22. The highest BCUT2D eigenvalue weighted by molar-refractivity contribution is 8.23. The summed E-state index contributed by atoms with van der Waals surface area (Å²) in [6.45, 7) is 4.50. The van der Waals surface area contributed by atoms with Gasteiger partial charge < -0.3 is 0 Å². The summed E-state index contributed by atoms with van der Waals surface area (Å²) >= 11 is 7.20. The van der Waals surface area contributed by atoms with Crippen molar-refractivity contribution in [2.45, 2.75) is 46.8 Å². The third-order valence-electron chi connectivity index (χ3n) is 3.54. The van der Waals surface area contributed by atoms with Crippen LogP contribution in [0.4, 0.5) is 0 Å². The predicted octanol–water partition coefficient (Wildman–Crippen LogP) is 7.08. The second-order valence-corrected chi connectivity index (χ2v) is 6.65. The van der Waals surface area contributed by atoms with Gasteiger partial charge in [-0.15, -0.1) is 11.8 Å². The lowest BCUT2D eigenvalue weighted by Crippen LogP contribution is -1.94. The molecule has 0 saturated heterocycles. The summed E-state index contributed by atoms with van der Waals surface area (Å²) in [5.41, 5.74) is 3.90. The van der Waals surface area contributed by atoms with Crippen molar-refractivity contribution in [1.29, 1.82) is 0 Å². The van der Waals surface area contributed by atoms with E-state index < -0.39 is 0 Å². The Bertz CT molecular complexity index is 544. The van der Waals surface area contributed by atoms with Crippen molar-refractivity contribution in [3.05, 3.63) is 71.3 Å². The first kappa shape index (κ1) is 20.9. The molecular formula is C20H28S2. The summed E-state index contributed by atoms with van der Waals surface area (Å²) < 4.78 is 0.969. The van der Waals surface area contributed by atoms with Crippen LogP contribution < -0.4 is 0 Å². The number of thiocarbonyl (C=S) groups is 1. The van der Waals surface area contributed by atoms with Gasteiger partial charge in [-0.3, -0.25) is 0 Å². The predicted molar refractivity (Wildman–Crippen MR) is 108 cm³/mol. The van der Waals surface area contributed by atoms with Crippen LogP contribution in [0.2, 0.25) is 0 Å². The van der Waals surface area contributed by atoms with Gasteiger partial charge in [0.1, 0.15) is 0 Å². The van der Waals surface area contributed by atoms with E-state index in [1.54, 1.807) is 11.8 Å². The van der Waals surface area contributed by atoms with Gasteiger partial charge in [-0.2, -0.15) is 0 Å². The fraction of sp³-hybridized carbons (Fsp3) is 0.350. The highest BCUT2D eigenvalue weighted by atomic mass is 32.2. The molecule has 22 heavy (non-hydrogen) atoms. The van der Waals surface area contributed by atoms with E-state index in [0.717, 1.165) is 15.5 Å². The molecule has 0 nitrogen and oxygen atoms in total. The van der Waals surface area contributed by atoms with E-state index in [9.17, 15) is 0 Å². The van der Waals surface area contributed by atoms with E-state index >= 15 is 0 Å². The van der Waals surface area contributed by atoms with Crippen molar-refractivity contribution in [3.63, 3.8) is 0 Å². The molecule has 0 bridgehead atoms. The van der Waals surface area contributed by atoms with Gasteiger partial charge in [0, 0.05) is 5.75 Å². The van der Waals surface area contributed by atoms with Crippen molar-refractivity contribution >= 4 is 28.2 Å². The maximum absolute atomic E-state index is 5.47. The lowest BCUT2D eigenvalue weighted by atomic mass is 9.98. The zero-order chi connectivity index (χ0) is 14.4. The number of thioether (sulfide) groups is 1. The average Bonchev–Trinajstić information content (AvgIpc) is 2.53. The molecule has 0 fully saturated rings. The van der Waals surface area contributed by atoms with Crippen molar-refractivity contribution in [2.24, 2.45) is 0 Å². The highest BCUT2D eigenvalue weighted by Gasteiger charge is 2.04. The fourth-order valence-electron chi connectivity index (χ4n) is 1.98. The molecule has 2 aromatic carbocycles. The lowest BCUT2D eigenvalue weighted by Gasteiger charge is -2.10. The Morgan fingerprint density at radius 1 is 1.00 bits per heavy atom. The second-order valence-electron chi connectivity index (χ2n) is 4.99. The Kier molecular flexibility index (Phi) is 10.0. The summed E-state index contributed by atoms with van der Waals surface area (Å²) in [6.07, 6.45) is 1.19. The van der Waals surface area contributed by atoms with Crippen LogP contribution in [-0.2, 0) is 5.75 Å². The average molecular weight is 333 g/mol. The molecule has 2 aromatic rings. The molecule has 120 valence electrons. The van der Waals surface area contributed by atoms with E-state index in [4.69, 9.17) is 12.2 Å². The standard InChI is InChI=1S/C18H20S2.2CH4/c1-3-14(2)16-11-9-15(10-12-16)13-20-18(19)17-7-5-4-6-8-17;;/h4-12,14H,3,13H2,1-2H3;2*1H4. The number of hydrogen-bond donors (Lipinski definition) is 0. The van der Waals surface area contributed by atoms with Crippen LogP contribution in [0.5, 0.6) is 0 Å². The normalized spacial score (nSPS) is 11.0. The molecule has 2 heteroatoms. The molecule has 0 saturated carbocycles. The molecule has 0 radical (unpaired) electrons. The van der Waals surface area contributed by atoms with Crippen molar-refractivity contribution in [1.82, 2.24) is 0 Å². The van der Waals surface area contributed by atoms with Crippen molar-refractivity contribution < 1.29 is 0 Å². The van der Waals surface area contributed by atoms with Crippen molar-refractivity contribution in [2.75, 3.05) is 0 Å². The summed E-state index contributed by atoms with van der Waals surface area (Å²) in [6, 6.07) is 19.2. The topological polar surface area (TPSA) is 0 Å². The van der Waals surface area contributed by atoms with Gasteiger partial charge in [0.15, 0.2) is 0 Å². The lowest BCUT2D eigenvalue weighted by molar-refractivity contribution is 0.733. The van der Waals surface area contributed by atoms with Gasteiger partial charge in [0.2, 0.25) is 0 Å². The smallest absolute Gasteiger partial charge is 0.0781 e. The maximum Gasteiger partial charge on any atom is 0.0781 e. The Morgan fingerprint density at radius 3 is 2.14 bits per heavy atom. The Morgan fingerprint density at radius 2 is 1.59 bits per heavy atom. The first-order chi connectivity index (χ1) is 9.70. The molecule has 1 atom stereocenters. The monoisotopic (exact) mass is 332 g/mol. The molecule has 0 aliphatic carbocycles. The summed E-state index contributed by atoms with van der Waals surface area (Å²) in [7, 11) is 0. The van der Waals surface area contributed by atoms with Crippen LogP contribution >= 0.6 is 24.0 Å². The minimum Gasteiger partial charge on any atom is -0.109 e. The minimum atomic E-state index is 0. The van der Waals surface area contributed by atoms with Gasteiger partial charge in [-0.25, -0.2) is 0 Å². The van der Waals surface area contributed by atoms with E-state index in [-0.39, 0.29) is 14.9 Å². The van der Waals surface area contributed by atoms with E-state index in [2.05, 4.69) is 50.2 Å². The van der Waals surface area contributed by atoms with Gasteiger partial charge in [0.25, 0.3) is 0 Å². The molecule has 0 aliphatic rings. The first-order valence-electron chi connectivity index (χ1n) is 7.01. The van der Waals surface area contributed by atoms with E-state index in [1.807, 2.05) is 18.2 Å². The van der Waals surface area contributed by atoms with Crippen LogP contribution in [0.1, 0.15) is 57.7 Å². The van der Waals surface area contributed by atoms with Crippen LogP contribution in [0.25, 0.3) is 0 Å². The molecular weight excluding hydrogens is 304 g/mol. The quantitative estimate of drug-likeness (QED) is 0.536. The summed E-state index contributed by atoms with van der Waals surface area (Å²) in [4.78, 5) is 0. The zero-order valence-corrected chi connectivity index (χ0v) is 13.6. The first-order valence-corrected chi connectivity index (χ1v) is 8.41. The van der Waals surface area contributed by atoms with Gasteiger partial charge in [-0.05, 0) is 29.0 Å². The maximum atomic E-state index is 5.47. The molecule has 0 spiro atoms. The summed E-state index contributed by atoms with van der Waals surface area (Å²) in [5, 5.41) is 0. The fourth-order valence-corrected chi connectivity index (χ4v) is 3.09. The SMILES string of the molecule is C.C.CCC(C)c1ccc(CSC(=S)c2ccccc2)cc1. The molecule has 0 aromatic heterocycles. The van der Waals surface area contributed by atoms with Crippen LogP contribution in [0.3, 0.4) is 0 Å². The Hall–Kier alpha value is -1.12. The number of benzene rings is 2. The van der Waals surface area contributed by atoms with Crippen LogP contribution in [-0.4, -0.2) is 4.20 Å². The zero-order valence-electron chi connectivity index (χ0n) is 12.0. The largest absolute Gasteiger partial charge is 0.109 e. The Labute approximate surface area is 146 Å². The van der Waals surface area contributed by atoms with Gasteiger partial charge in [-0.1, -0.05) is 95.5 Å². The number of hydrogen-bond acceptors (Lipinski definition) is 2. The molecule has 1 unspecified atom stereocenters. The van der Waals surface area contributed by atoms with E-state index in [0.29, 0.717) is 5.92 Å². The van der Waals surface area contributed by atoms with Crippen LogP contribution in [0.15, 0.2) is 54.6 Å². The third-order valence-corrected chi connectivity index (χ3v) is 5.11. The Balaban J connectivity index is 0.00000220. The molecule has 0 aliphatic heterocycles. The van der Waals surface area contributed by atoms with Crippen molar-refractivity contribution in [3.8, 4) is 0 Å². The van der Waals surface area contributed by atoms with E-state index in [1.165, 1.54) is 17.5 Å². The molecule has 0 heterocycles. The molecule has 0 N–H and O–H groups in total.